The minimum absolute atomic E-state index is 0.144. The van der Waals surface area contributed by atoms with Crippen LogP contribution in [0.2, 0.25) is 0 Å². The van der Waals surface area contributed by atoms with Gasteiger partial charge in [-0.25, -0.2) is 0 Å². The summed E-state index contributed by atoms with van der Waals surface area (Å²) in [6.07, 6.45) is 5.17. The van der Waals surface area contributed by atoms with E-state index in [-0.39, 0.29) is 17.1 Å². The molecule has 0 saturated heterocycles. The minimum atomic E-state index is -0.144. The number of nitrogens with one attached hydrogen (secondary N) is 1. The molecule has 0 heterocycles. The van der Waals surface area contributed by atoms with Crippen LogP contribution in [0.15, 0.2) is 24.3 Å². The van der Waals surface area contributed by atoms with Crippen LogP contribution in [0, 0.1) is 5.41 Å². The molecule has 0 atom stereocenters. The molecule has 0 aromatic heterocycles. The highest BCUT2D eigenvalue weighted by Gasteiger charge is 2.35. The van der Waals surface area contributed by atoms with E-state index in [0.29, 0.717) is 6.54 Å². The fraction of sp³-hybridized carbons (Fsp3) is 0.533. The van der Waals surface area contributed by atoms with Gasteiger partial charge in [0.2, 0.25) is 5.91 Å². The van der Waals surface area contributed by atoms with Crippen molar-refractivity contribution in [2.75, 3.05) is 6.54 Å². The van der Waals surface area contributed by atoms with Crippen molar-refractivity contribution in [1.82, 2.24) is 5.32 Å². The van der Waals surface area contributed by atoms with Crippen LogP contribution in [0.4, 0.5) is 0 Å². The number of carbonyl (C=O) groups is 1. The maximum atomic E-state index is 12.1. The molecule has 0 radical (unpaired) electrons. The van der Waals surface area contributed by atoms with Gasteiger partial charge in [-0.3, -0.25) is 4.79 Å². The van der Waals surface area contributed by atoms with Gasteiger partial charge in [0, 0.05) is 12.0 Å². The second kappa shape index (κ2) is 5.42. The standard InChI is InChI=1S/C15H21NO2/c1-15(9-2-3-10-15)14(18)16-11-8-12-4-6-13(17)7-5-12/h4-7,17H,2-3,8-11H2,1H3,(H,16,18). The van der Waals surface area contributed by atoms with Crippen molar-refractivity contribution in [2.24, 2.45) is 5.41 Å². The average molecular weight is 247 g/mol. The zero-order valence-corrected chi connectivity index (χ0v) is 10.9. The van der Waals surface area contributed by atoms with Crippen LogP contribution in [0.25, 0.3) is 0 Å². The maximum absolute atomic E-state index is 12.1. The first-order chi connectivity index (χ1) is 8.60. The van der Waals surface area contributed by atoms with Crippen LogP contribution in [0.5, 0.6) is 5.75 Å². The Morgan fingerprint density at radius 3 is 2.50 bits per heavy atom. The summed E-state index contributed by atoms with van der Waals surface area (Å²) in [6.45, 7) is 2.73. The summed E-state index contributed by atoms with van der Waals surface area (Å²) in [6, 6.07) is 7.13. The Kier molecular flexibility index (Phi) is 3.90. The zero-order valence-electron chi connectivity index (χ0n) is 10.9. The molecular formula is C15H21NO2. The maximum Gasteiger partial charge on any atom is 0.225 e. The van der Waals surface area contributed by atoms with Crippen molar-refractivity contribution in [3.8, 4) is 5.75 Å². The fourth-order valence-corrected chi connectivity index (χ4v) is 2.58. The Bertz CT molecular complexity index is 405. The van der Waals surface area contributed by atoms with Crippen molar-refractivity contribution in [3.05, 3.63) is 29.8 Å². The Balaban J connectivity index is 1.78. The Labute approximate surface area is 108 Å². The second-order valence-corrected chi connectivity index (χ2v) is 5.44. The van der Waals surface area contributed by atoms with E-state index >= 15 is 0 Å². The van der Waals surface area contributed by atoms with Crippen molar-refractivity contribution >= 4 is 5.91 Å². The van der Waals surface area contributed by atoms with Gasteiger partial charge in [-0.1, -0.05) is 31.9 Å². The van der Waals surface area contributed by atoms with Gasteiger partial charge in [0.05, 0.1) is 0 Å². The van der Waals surface area contributed by atoms with Gasteiger partial charge in [0.15, 0.2) is 0 Å². The molecule has 0 unspecified atom stereocenters. The van der Waals surface area contributed by atoms with E-state index in [1.54, 1.807) is 12.1 Å². The lowest BCUT2D eigenvalue weighted by Crippen LogP contribution is -2.38. The Morgan fingerprint density at radius 1 is 1.28 bits per heavy atom. The van der Waals surface area contributed by atoms with Gasteiger partial charge in [-0.2, -0.15) is 0 Å². The molecule has 0 aliphatic heterocycles. The molecule has 3 nitrogen and oxygen atoms in total. The van der Waals surface area contributed by atoms with Crippen LogP contribution < -0.4 is 5.32 Å². The lowest BCUT2D eigenvalue weighted by atomic mass is 9.88. The van der Waals surface area contributed by atoms with Crippen molar-refractivity contribution in [3.63, 3.8) is 0 Å². The number of rotatable bonds is 4. The van der Waals surface area contributed by atoms with E-state index in [1.165, 1.54) is 12.8 Å². The molecule has 1 aromatic rings. The summed E-state index contributed by atoms with van der Waals surface area (Å²) >= 11 is 0. The van der Waals surface area contributed by atoms with Gasteiger partial charge >= 0.3 is 0 Å². The quantitative estimate of drug-likeness (QED) is 0.859. The number of benzene rings is 1. The van der Waals surface area contributed by atoms with Crippen molar-refractivity contribution < 1.29 is 9.90 Å². The fourth-order valence-electron chi connectivity index (χ4n) is 2.58. The topological polar surface area (TPSA) is 49.3 Å². The molecule has 1 saturated carbocycles. The van der Waals surface area contributed by atoms with Crippen molar-refractivity contribution in [2.45, 2.75) is 39.0 Å². The summed E-state index contributed by atoms with van der Waals surface area (Å²) in [5, 5.41) is 12.2. The predicted octanol–water partition coefficient (Wildman–Crippen LogP) is 2.63. The van der Waals surface area contributed by atoms with Gasteiger partial charge in [-0.05, 0) is 37.0 Å². The Morgan fingerprint density at radius 2 is 1.89 bits per heavy atom. The molecule has 2 rings (SSSR count). The normalized spacial score (nSPS) is 17.6. The summed E-state index contributed by atoms with van der Waals surface area (Å²) in [5.74, 6) is 0.472. The van der Waals surface area contributed by atoms with Crippen LogP contribution in [0.3, 0.4) is 0 Å². The number of phenols is 1. The monoisotopic (exact) mass is 247 g/mol. The van der Waals surface area contributed by atoms with E-state index in [0.717, 1.165) is 24.8 Å². The molecule has 98 valence electrons. The second-order valence-electron chi connectivity index (χ2n) is 5.44. The lowest BCUT2D eigenvalue weighted by Gasteiger charge is -2.22. The molecule has 1 fully saturated rings. The number of hydrogen-bond acceptors (Lipinski definition) is 2. The van der Waals surface area contributed by atoms with E-state index in [2.05, 4.69) is 12.2 Å². The average Bonchev–Trinajstić information content (AvgIpc) is 2.80. The first kappa shape index (κ1) is 12.9. The third-order valence-electron chi connectivity index (χ3n) is 3.89. The molecule has 1 aliphatic rings. The highest BCUT2D eigenvalue weighted by Crippen LogP contribution is 2.37. The van der Waals surface area contributed by atoms with Crippen LogP contribution >= 0.6 is 0 Å². The van der Waals surface area contributed by atoms with Gasteiger partial charge in [0.25, 0.3) is 0 Å². The summed E-state index contributed by atoms with van der Waals surface area (Å²) in [4.78, 5) is 12.1. The third-order valence-corrected chi connectivity index (χ3v) is 3.89. The van der Waals surface area contributed by atoms with Crippen molar-refractivity contribution in [1.29, 1.82) is 0 Å². The first-order valence-electron chi connectivity index (χ1n) is 6.66. The molecule has 1 aromatic carbocycles. The number of hydrogen-bond donors (Lipinski definition) is 2. The SMILES string of the molecule is CC1(C(=O)NCCc2ccc(O)cc2)CCCC1. The lowest BCUT2D eigenvalue weighted by molar-refractivity contribution is -0.129. The minimum Gasteiger partial charge on any atom is -0.508 e. The van der Waals surface area contributed by atoms with Gasteiger partial charge in [-0.15, -0.1) is 0 Å². The summed E-state index contributed by atoms with van der Waals surface area (Å²) < 4.78 is 0. The van der Waals surface area contributed by atoms with E-state index < -0.39 is 0 Å². The third kappa shape index (κ3) is 3.03. The molecule has 0 spiro atoms. The molecule has 2 N–H and O–H groups in total. The highest BCUT2D eigenvalue weighted by atomic mass is 16.3. The van der Waals surface area contributed by atoms with Crippen LogP contribution in [-0.4, -0.2) is 17.6 Å². The molecular weight excluding hydrogens is 226 g/mol. The van der Waals surface area contributed by atoms with Gasteiger partial charge in [0.1, 0.15) is 5.75 Å². The molecule has 0 bridgehead atoms. The van der Waals surface area contributed by atoms with E-state index in [1.807, 2.05) is 12.1 Å². The first-order valence-corrected chi connectivity index (χ1v) is 6.66. The smallest absolute Gasteiger partial charge is 0.225 e. The largest absolute Gasteiger partial charge is 0.508 e. The zero-order chi connectivity index (χ0) is 13.0. The summed E-state index contributed by atoms with van der Waals surface area (Å²) in [7, 11) is 0. The van der Waals surface area contributed by atoms with Crippen LogP contribution in [-0.2, 0) is 11.2 Å². The van der Waals surface area contributed by atoms with Gasteiger partial charge < -0.3 is 10.4 Å². The number of aromatic hydroxyl groups is 1. The molecule has 3 heteroatoms. The number of phenolic OH excluding ortho intramolecular Hbond substituents is 1. The molecule has 1 aliphatic carbocycles. The molecule has 1 amide bonds. The predicted molar refractivity (Wildman–Crippen MR) is 71.4 cm³/mol. The van der Waals surface area contributed by atoms with E-state index in [4.69, 9.17) is 0 Å². The summed E-state index contributed by atoms with van der Waals surface area (Å²) in [5.41, 5.74) is 0.985. The Hall–Kier alpha value is -1.51. The highest BCUT2D eigenvalue weighted by molar-refractivity contribution is 5.82. The van der Waals surface area contributed by atoms with Crippen LogP contribution in [0.1, 0.15) is 38.2 Å². The number of amides is 1. The molecule has 18 heavy (non-hydrogen) atoms. The van der Waals surface area contributed by atoms with E-state index in [9.17, 15) is 9.90 Å². The number of carbonyl (C=O) groups excluding carboxylic acids is 1.